The number of para-hydroxylation sites is 1. The number of fused-ring (bicyclic) bond motifs is 1. The molecule has 0 atom stereocenters. The molecule has 2 heterocycles. The van der Waals surface area contributed by atoms with Crippen LogP contribution < -0.4 is 11.0 Å². The van der Waals surface area contributed by atoms with Gasteiger partial charge in [0, 0.05) is 33.8 Å². The maximum absolute atomic E-state index is 12.6. The molecule has 28 heavy (non-hydrogen) atoms. The highest BCUT2D eigenvalue weighted by Crippen LogP contribution is 2.28. The summed E-state index contributed by atoms with van der Waals surface area (Å²) < 4.78 is 3.72. The molecule has 0 bridgehead atoms. The molecule has 0 saturated carbocycles. The number of H-pyrrole nitrogens is 1. The molecule has 1 aliphatic rings. The second-order valence-electron chi connectivity index (χ2n) is 7.05. The number of hydrogen-bond acceptors (Lipinski definition) is 2. The predicted octanol–water partition coefficient (Wildman–Crippen LogP) is 5.03. The van der Waals surface area contributed by atoms with Crippen LogP contribution in [0, 0.1) is 6.92 Å². The van der Waals surface area contributed by atoms with Gasteiger partial charge >= 0.3 is 11.7 Å². The van der Waals surface area contributed by atoms with Crippen LogP contribution in [0.3, 0.4) is 0 Å². The summed E-state index contributed by atoms with van der Waals surface area (Å²) in [6, 6.07) is 11.5. The van der Waals surface area contributed by atoms with Gasteiger partial charge in [0.15, 0.2) is 0 Å². The van der Waals surface area contributed by atoms with Crippen LogP contribution in [-0.2, 0) is 0 Å². The van der Waals surface area contributed by atoms with Crippen LogP contribution in [0.4, 0.5) is 10.5 Å². The number of aryl methyl sites for hydroxylation is 1. The van der Waals surface area contributed by atoms with E-state index < -0.39 is 0 Å². The Morgan fingerprint density at radius 1 is 1.14 bits per heavy atom. The van der Waals surface area contributed by atoms with Crippen molar-refractivity contribution in [3.05, 3.63) is 61.4 Å². The van der Waals surface area contributed by atoms with E-state index in [0.717, 1.165) is 44.1 Å². The van der Waals surface area contributed by atoms with Gasteiger partial charge in [-0.2, -0.15) is 0 Å². The lowest BCUT2D eigenvalue weighted by Crippen LogP contribution is -2.42. The highest BCUT2D eigenvalue weighted by atomic mass is 79.9. The van der Waals surface area contributed by atoms with E-state index in [1.807, 2.05) is 52.8 Å². The number of urea groups is 1. The lowest BCUT2D eigenvalue weighted by Gasteiger charge is -2.32. The zero-order valence-electron chi connectivity index (χ0n) is 15.3. The van der Waals surface area contributed by atoms with Crippen molar-refractivity contribution in [2.45, 2.75) is 25.8 Å². The molecular formula is C20H20Br2N4O2. The fraction of sp³-hybridized carbons (Fsp3) is 0.300. The maximum atomic E-state index is 12.6. The zero-order valence-corrected chi connectivity index (χ0v) is 18.5. The Balaban J connectivity index is 1.45. The van der Waals surface area contributed by atoms with Crippen molar-refractivity contribution in [3.8, 4) is 0 Å². The summed E-state index contributed by atoms with van der Waals surface area (Å²) in [4.78, 5) is 29.8. The number of aromatic amines is 1. The number of amides is 2. The normalized spacial score (nSPS) is 15.2. The van der Waals surface area contributed by atoms with E-state index in [1.165, 1.54) is 0 Å². The number of halogens is 2. The van der Waals surface area contributed by atoms with E-state index in [9.17, 15) is 9.59 Å². The molecular weight excluding hydrogens is 488 g/mol. The van der Waals surface area contributed by atoms with Crippen LogP contribution in [-0.4, -0.2) is 33.6 Å². The number of rotatable bonds is 2. The van der Waals surface area contributed by atoms with Crippen molar-refractivity contribution in [1.82, 2.24) is 14.5 Å². The van der Waals surface area contributed by atoms with Crippen LogP contribution >= 0.6 is 31.9 Å². The molecule has 0 unspecified atom stereocenters. The molecule has 0 radical (unpaired) electrons. The lowest BCUT2D eigenvalue weighted by molar-refractivity contribution is 0.184. The summed E-state index contributed by atoms with van der Waals surface area (Å²) in [6.07, 6.45) is 1.48. The summed E-state index contributed by atoms with van der Waals surface area (Å²) in [6.45, 7) is 3.21. The van der Waals surface area contributed by atoms with E-state index in [4.69, 9.17) is 0 Å². The number of carbonyl (C=O) groups is 1. The molecule has 3 aromatic rings. The van der Waals surface area contributed by atoms with Gasteiger partial charge in [-0.3, -0.25) is 4.57 Å². The van der Waals surface area contributed by atoms with Crippen LogP contribution in [0.15, 0.2) is 50.1 Å². The standard InChI is InChI=1S/C20H20Br2N4O2/c1-12-11-13(5-6-15(12)21)23-19(27)25-9-7-14(8-10-25)26-17-4-2-3-16(22)18(17)24-20(26)28/h2-6,11,14H,7-10H2,1H3,(H,23,27)(H,24,28). The van der Waals surface area contributed by atoms with Gasteiger partial charge in [0.05, 0.1) is 11.0 Å². The van der Waals surface area contributed by atoms with Gasteiger partial charge in [-0.1, -0.05) is 22.0 Å². The van der Waals surface area contributed by atoms with E-state index in [-0.39, 0.29) is 17.8 Å². The Hall–Kier alpha value is -2.06. The van der Waals surface area contributed by atoms with Gasteiger partial charge in [-0.15, -0.1) is 0 Å². The number of imidazole rings is 1. The van der Waals surface area contributed by atoms with Crippen molar-refractivity contribution in [2.75, 3.05) is 18.4 Å². The second-order valence-corrected chi connectivity index (χ2v) is 8.76. The minimum absolute atomic E-state index is 0.0783. The third-order valence-corrected chi connectivity index (χ3v) is 6.78. The van der Waals surface area contributed by atoms with Gasteiger partial charge < -0.3 is 15.2 Å². The topological polar surface area (TPSA) is 70.1 Å². The Labute approximate surface area is 179 Å². The summed E-state index contributed by atoms with van der Waals surface area (Å²) in [5.74, 6) is 0. The molecule has 1 fully saturated rings. The van der Waals surface area contributed by atoms with Crippen molar-refractivity contribution in [1.29, 1.82) is 0 Å². The number of anilines is 1. The van der Waals surface area contributed by atoms with Gasteiger partial charge in [-0.05, 0) is 71.6 Å². The molecule has 8 heteroatoms. The predicted molar refractivity (Wildman–Crippen MR) is 118 cm³/mol. The summed E-state index contributed by atoms with van der Waals surface area (Å²) in [5.41, 5.74) is 3.47. The van der Waals surface area contributed by atoms with E-state index in [0.29, 0.717) is 13.1 Å². The van der Waals surface area contributed by atoms with Gasteiger partial charge in [-0.25, -0.2) is 9.59 Å². The molecule has 1 aliphatic heterocycles. The number of hydrogen-bond donors (Lipinski definition) is 2. The van der Waals surface area contributed by atoms with E-state index in [2.05, 4.69) is 42.2 Å². The molecule has 2 amide bonds. The zero-order chi connectivity index (χ0) is 19.8. The first kappa shape index (κ1) is 19.3. The Morgan fingerprint density at radius 2 is 1.89 bits per heavy atom. The fourth-order valence-corrected chi connectivity index (χ4v) is 4.43. The van der Waals surface area contributed by atoms with Crippen LogP contribution in [0.2, 0.25) is 0 Å². The van der Waals surface area contributed by atoms with Crippen molar-refractivity contribution >= 4 is 54.6 Å². The minimum atomic E-state index is -0.103. The Kier molecular flexibility index (Phi) is 5.33. The fourth-order valence-electron chi connectivity index (χ4n) is 3.73. The molecule has 1 aromatic heterocycles. The number of likely N-dealkylation sites (tertiary alicyclic amines) is 1. The number of carbonyl (C=O) groups excluding carboxylic acids is 1. The average Bonchev–Trinajstić information content (AvgIpc) is 3.02. The van der Waals surface area contributed by atoms with Crippen LogP contribution in [0.1, 0.15) is 24.4 Å². The van der Waals surface area contributed by atoms with Crippen molar-refractivity contribution in [3.63, 3.8) is 0 Å². The third-order valence-electron chi connectivity index (χ3n) is 5.23. The molecule has 4 rings (SSSR count). The Morgan fingerprint density at radius 3 is 2.61 bits per heavy atom. The number of aromatic nitrogens is 2. The van der Waals surface area contributed by atoms with E-state index in [1.54, 1.807) is 0 Å². The smallest absolute Gasteiger partial charge is 0.324 e. The molecule has 0 spiro atoms. The van der Waals surface area contributed by atoms with Crippen molar-refractivity contribution in [2.24, 2.45) is 0 Å². The molecule has 2 N–H and O–H groups in total. The summed E-state index contributed by atoms with van der Waals surface area (Å²) >= 11 is 6.96. The van der Waals surface area contributed by atoms with E-state index >= 15 is 0 Å². The SMILES string of the molecule is Cc1cc(NC(=O)N2CCC(n3c(=O)[nH]c4c(Br)cccc43)CC2)ccc1Br. The first-order valence-corrected chi connectivity index (χ1v) is 10.7. The number of benzene rings is 2. The van der Waals surface area contributed by atoms with Gasteiger partial charge in [0.1, 0.15) is 0 Å². The largest absolute Gasteiger partial charge is 0.326 e. The number of piperidine rings is 1. The van der Waals surface area contributed by atoms with Crippen LogP contribution in [0.25, 0.3) is 11.0 Å². The molecule has 0 aliphatic carbocycles. The summed E-state index contributed by atoms with van der Waals surface area (Å²) in [5, 5.41) is 2.96. The molecule has 6 nitrogen and oxygen atoms in total. The Bertz CT molecular complexity index is 1100. The molecule has 1 saturated heterocycles. The number of nitrogens with one attached hydrogen (secondary N) is 2. The number of nitrogens with zero attached hydrogens (tertiary/aromatic N) is 2. The minimum Gasteiger partial charge on any atom is -0.324 e. The van der Waals surface area contributed by atoms with Crippen molar-refractivity contribution < 1.29 is 4.79 Å². The highest BCUT2D eigenvalue weighted by Gasteiger charge is 2.26. The second kappa shape index (κ2) is 7.75. The first-order valence-electron chi connectivity index (χ1n) is 9.15. The van der Waals surface area contributed by atoms with Gasteiger partial charge in [0.25, 0.3) is 0 Å². The molecule has 146 valence electrons. The summed E-state index contributed by atoms with van der Waals surface area (Å²) in [7, 11) is 0. The average molecular weight is 508 g/mol. The monoisotopic (exact) mass is 506 g/mol. The highest BCUT2D eigenvalue weighted by molar-refractivity contribution is 9.11. The maximum Gasteiger partial charge on any atom is 0.326 e. The third kappa shape index (κ3) is 3.63. The molecule has 2 aromatic carbocycles. The lowest BCUT2D eigenvalue weighted by atomic mass is 10.0. The van der Waals surface area contributed by atoms with Crippen LogP contribution in [0.5, 0.6) is 0 Å². The quantitative estimate of drug-likeness (QED) is 0.510. The first-order chi connectivity index (χ1) is 13.4. The van der Waals surface area contributed by atoms with Gasteiger partial charge in [0.2, 0.25) is 0 Å².